The zero-order valence-electron chi connectivity index (χ0n) is 15.8. The topological polar surface area (TPSA) is 73.2 Å². The van der Waals surface area contributed by atoms with Crippen molar-refractivity contribution in [1.29, 1.82) is 0 Å². The van der Waals surface area contributed by atoms with Gasteiger partial charge >= 0.3 is 5.97 Å². The molecule has 0 fully saturated rings. The first-order valence-electron chi connectivity index (χ1n) is 8.71. The molecule has 28 heavy (non-hydrogen) atoms. The van der Waals surface area contributed by atoms with Crippen molar-refractivity contribution >= 4 is 29.2 Å². The van der Waals surface area contributed by atoms with Crippen LogP contribution in [0.2, 0.25) is 5.15 Å². The largest absolute Gasteiger partial charge is 0.452 e. The number of ether oxygens (including phenoxy) is 1. The van der Waals surface area contributed by atoms with E-state index < -0.39 is 18.5 Å². The van der Waals surface area contributed by atoms with Crippen LogP contribution in [0.1, 0.15) is 27.2 Å². The number of anilines is 1. The van der Waals surface area contributed by atoms with Gasteiger partial charge in [-0.2, -0.15) is 5.10 Å². The SMILES string of the molecule is Cc1cc(C)cc(NC(=O)COC(=O)c2c(C)nn(-c3ccccc3)c2Cl)c1. The van der Waals surface area contributed by atoms with Gasteiger partial charge in [0.15, 0.2) is 6.61 Å². The number of nitrogens with zero attached hydrogens (tertiary/aromatic N) is 2. The first-order valence-corrected chi connectivity index (χ1v) is 9.09. The number of rotatable bonds is 5. The van der Waals surface area contributed by atoms with Crippen LogP contribution in [0.3, 0.4) is 0 Å². The summed E-state index contributed by atoms with van der Waals surface area (Å²) in [6, 6.07) is 14.9. The van der Waals surface area contributed by atoms with Crippen LogP contribution in [0.25, 0.3) is 5.69 Å². The number of nitrogens with one attached hydrogen (secondary N) is 1. The van der Waals surface area contributed by atoms with E-state index in [1.807, 2.05) is 62.4 Å². The molecule has 0 bridgehead atoms. The Morgan fingerprint density at radius 3 is 2.36 bits per heavy atom. The number of para-hydroxylation sites is 1. The lowest BCUT2D eigenvalue weighted by Crippen LogP contribution is -2.21. The van der Waals surface area contributed by atoms with Crippen molar-refractivity contribution in [3.63, 3.8) is 0 Å². The Kier molecular flexibility index (Phi) is 5.80. The number of aromatic nitrogens is 2. The minimum Gasteiger partial charge on any atom is -0.452 e. The van der Waals surface area contributed by atoms with Gasteiger partial charge in [0.2, 0.25) is 0 Å². The van der Waals surface area contributed by atoms with E-state index in [0.717, 1.165) is 16.8 Å². The van der Waals surface area contributed by atoms with Crippen LogP contribution >= 0.6 is 11.6 Å². The van der Waals surface area contributed by atoms with Crippen molar-refractivity contribution in [3.8, 4) is 5.69 Å². The molecule has 1 heterocycles. The number of hydrogen-bond acceptors (Lipinski definition) is 4. The molecule has 0 aliphatic heterocycles. The number of hydrogen-bond donors (Lipinski definition) is 1. The van der Waals surface area contributed by atoms with E-state index in [9.17, 15) is 9.59 Å². The zero-order chi connectivity index (χ0) is 20.3. The molecule has 0 radical (unpaired) electrons. The van der Waals surface area contributed by atoms with Gasteiger partial charge in [0.25, 0.3) is 5.91 Å². The quantitative estimate of drug-likeness (QED) is 0.653. The molecule has 6 nitrogen and oxygen atoms in total. The Balaban J connectivity index is 1.68. The van der Waals surface area contributed by atoms with Gasteiger partial charge in [-0.3, -0.25) is 4.79 Å². The molecule has 7 heteroatoms. The third-order valence-electron chi connectivity index (χ3n) is 4.05. The highest BCUT2D eigenvalue weighted by atomic mass is 35.5. The van der Waals surface area contributed by atoms with Gasteiger partial charge in [0, 0.05) is 5.69 Å². The summed E-state index contributed by atoms with van der Waals surface area (Å²) in [6.45, 7) is 5.13. The number of esters is 1. The second-order valence-corrected chi connectivity index (χ2v) is 6.86. The van der Waals surface area contributed by atoms with Crippen LogP contribution < -0.4 is 5.32 Å². The summed E-state index contributed by atoms with van der Waals surface area (Å²) in [4.78, 5) is 24.6. The van der Waals surface area contributed by atoms with E-state index >= 15 is 0 Å². The maximum Gasteiger partial charge on any atom is 0.343 e. The monoisotopic (exact) mass is 397 g/mol. The van der Waals surface area contributed by atoms with Crippen molar-refractivity contribution < 1.29 is 14.3 Å². The Hall–Kier alpha value is -3.12. The normalized spacial score (nSPS) is 10.6. The average molecular weight is 398 g/mol. The molecule has 0 atom stereocenters. The summed E-state index contributed by atoms with van der Waals surface area (Å²) in [5.41, 5.74) is 4.01. The minimum atomic E-state index is -0.694. The van der Waals surface area contributed by atoms with Gasteiger partial charge in [-0.15, -0.1) is 0 Å². The lowest BCUT2D eigenvalue weighted by Gasteiger charge is -2.08. The molecule has 0 unspecified atom stereocenters. The lowest BCUT2D eigenvalue weighted by molar-refractivity contribution is -0.119. The first-order chi connectivity index (χ1) is 13.3. The molecule has 1 aromatic heterocycles. The van der Waals surface area contributed by atoms with Gasteiger partial charge in [0.05, 0.1) is 11.4 Å². The molecule has 1 amide bonds. The summed E-state index contributed by atoms with van der Waals surface area (Å²) in [6.07, 6.45) is 0. The predicted molar refractivity (Wildman–Crippen MR) is 108 cm³/mol. The molecule has 3 aromatic rings. The van der Waals surface area contributed by atoms with Crippen LogP contribution in [-0.4, -0.2) is 28.3 Å². The van der Waals surface area contributed by atoms with Crippen LogP contribution in [0, 0.1) is 20.8 Å². The Morgan fingerprint density at radius 1 is 1.07 bits per heavy atom. The number of benzene rings is 2. The fourth-order valence-electron chi connectivity index (χ4n) is 2.92. The van der Waals surface area contributed by atoms with E-state index in [4.69, 9.17) is 16.3 Å². The van der Waals surface area contributed by atoms with Crippen molar-refractivity contribution in [2.45, 2.75) is 20.8 Å². The molecular formula is C21H20ClN3O3. The van der Waals surface area contributed by atoms with Crippen molar-refractivity contribution in [2.75, 3.05) is 11.9 Å². The molecule has 2 aromatic carbocycles. The molecule has 0 aliphatic rings. The summed E-state index contributed by atoms with van der Waals surface area (Å²) < 4.78 is 6.61. The number of aryl methyl sites for hydroxylation is 3. The molecular weight excluding hydrogens is 378 g/mol. The molecule has 0 aliphatic carbocycles. The summed E-state index contributed by atoms with van der Waals surface area (Å²) in [5, 5.41) is 7.16. The molecule has 0 saturated carbocycles. The van der Waals surface area contributed by atoms with Crippen molar-refractivity contribution in [1.82, 2.24) is 9.78 Å². The molecule has 3 rings (SSSR count). The summed E-state index contributed by atoms with van der Waals surface area (Å²) in [7, 11) is 0. The molecule has 0 spiro atoms. The highest BCUT2D eigenvalue weighted by Crippen LogP contribution is 2.24. The van der Waals surface area contributed by atoms with Crippen molar-refractivity contribution in [2.24, 2.45) is 0 Å². The van der Waals surface area contributed by atoms with Crippen LogP contribution in [-0.2, 0) is 9.53 Å². The van der Waals surface area contributed by atoms with E-state index in [1.165, 1.54) is 4.68 Å². The van der Waals surface area contributed by atoms with Gasteiger partial charge < -0.3 is 10.1 Å². The summed E-state index contributed by atoms with van der Waals surface area (Å²) in [5.74, 6) is -1.12. The standard InChI is InChI=1S/C21H20ClN3O3/c1-13-9-14(2)11-16(10-13)23-18(26)12-28-21(27)19-15(3)24-25(20(19)22)17-7-5-4-6-8-17/h4-11H,12H2,1-3H3,(H,23,26). The molecule has 1 N–H and O–H groups in total. The van der Waals surface area contributed by atoms with Crippen LogP contribution in [0.15, 0.2) is 48.5 Å². The smallest absolute Gasteiger partial charge is 0.343 e. The van der Waals surface area contributed by atoms with Gasteiger partial charge in [-0.25, -0.2) is 9.48 Å². The number of carbonyl (C=O) groups is 2. The van der Waals surface area contributed by atoms with E-state index in [-0.39, 0.29) is 10.7 Å². The van der Waals surface area contributed by atoms with Crippen molar-refractivity contribution in [3.05, 3.63) is 76.1 Å². The number of halogens is 1. The van der Waals surface area contributed by atoms with E-state index in [2.05, 4.69) is 10.4 Å². The summed E-state index contributed by atoms with van der Waals surface area (Å²) >= 11 is 6.34. The van der Waals surface area contributed by atoms with Gasteiger partial charge in [-0.05, 0) is 56.2 Å². The average Bonchev–Trinajstić information content (AvgIpc) is 2.94. The third kappa shape index (κ3) is 4.40. The second-order valence-electron chi connectivity index (χ2n) is 6.50. The minimum absolute atomic E-state index is 0.142. The first kappa shape index (κ1) is 19.6. The van der Waals surface area contributed by atoms with Gasteiger partial charge in [0.1, 0.15) is 10.7 Å². The highest BCUT2D eigenvalue weighted by molar-refractivity contribution is 6.33. The van der Waals surface area contributed by atoms with E-state index in [1.54, 1.807) is 6.92 Å². The number of carbonyl (C=O) groups excluding carboxylic acids is 2. The van der Waals surface area contributed by atoms with Crippen LogP contribution in [0.5, 0.6) is 0 Å². The van der Waals surface area contributed by atoms with E-state index in [0.29, 0.717) is 11.4 Å². The zero-order valence-corrected chi connectivity index (χ0v) is 16.6. The molecule has 144 valence electrons. The number of amides is 1. The fourth-order valence-corrected chi connectivity index (χ4v) is 3.27. The second kappa shape index (κ2) is 8.27. The molecule has 0 saturated heterocycles. The maximum atomic E-state index is 12.5. The fraction of sp³-hybridized carbons (Fsp3) is 0.190. The third-order valence-corrected chi connectivity index (χ3v) is 4.40. The Labute approximate surface area is 168 Å². The van der Waals surface area contributed by atoms with Gasteiger partial charge in [-0.1, -0.05) is 35.9 Å². The maximum absolute atomic E-state index is 12.5. The van der Waals surface area contributed by atoms with Crippen LogP contribution in [0.4, 0.5) is 5.69 Å². The lowest BCUT2D eigenvalue weighted by atomic mass is 10.1. The highest BCUT2D eigenvalue weighted by Gasteiger charge is 2.23. The predicted octanol–water partition coefficient (Wildman–Crippen LogP) is 4.25. The Bertz CT molecular complexity index is 1010. The Morgan fingerprint density at radius 2 is 1.71 bits per heavy atom.